The smallest absolute Gasteiger partial charge is 0.391 e. The molecule has 0 saturated heterocycles. The summed E-state index contributed by atoms with van der Waals surface area (Å²) in [7, 11) is -2.38. The van der Waals surface area contributed by atoms with Crippen LogP contribution in [0.1, 0.15) is 0 Å². The van der Waals surface area contributed by atoms with Crippen molar-refractivity contribution in [3.8, 4) is 5.75 Å². The number of benzene rings is 1. The summed E-state index contributed by atoms with van der Waals surface area (Å²) >= 11 is 9.83. The van der Waals surface area contributed by atoms with Crippen LogP contribution in [0.25, 0.3) is 0 Å². The standard InChI is InChI=1S/C6H4Br3O3P/c7-3-1-2-4(12-13(10)11)6(9)5(3)8/h1-2,10-11H. The van der Waals surface area contributed by atoms with Crippen molar-refractivity contribution in [3.63, 3.8) is 0 Å². The van der Waals surface area contributed by atoms with Crippen LogP contribution in [0.2, 0.25) is 0 Å². The zero-order valence-electron chi connectivity index (χ0n) is 6.04. The minimum absolute atomic E-state index is 0.381. The molecule has 3 nitrogen and oxygen atoms in total. The predicted molar refractivity (Wildman–Crippen MR) is 61.5 cm³/mol. The lowest BCUT2D eigenvalue weighted by atomic mass is 10.3. The van der Waals surface area contributed by atoms with Gasteiger partial charge in [-0.05, 0) is 59.9 Å². The number of rotatable bonds is 2. The molecule has 0 spiro atoms. The minimum Gasteiger partial charge on any atom is -0.426 e. The van der Waals surface area contributed by atoms with Gasteiger partial charge in [-0.25, -0.2) is 0 Å². The Morgan fingerprint density at radius 3 is 2.23 bits per heavy atom. The van der Waals surface area contributed by atoms with E-state index in [2.05, 4.69) is 47.8 Å². The van der Waals surface area contributed by atoms with Crippen LogP contribution in [0.15, 0.2) is 25.6 Å². The third-order valence-electron chi connectivity index (χ3n) is 1.18. The van der Waals surface area contributed by atoms with Crippen LogP contribution in [-0.2, 0) is 0 Å². The van der Waals surface area contributed by atoms with E-state index in [0.717, 1.165) is 8.95 Å². The zero-order chi connectivity index (χ0) is 10.0. The fraction of sp³-hybridized carbons (Fsp3) is 0. The van der Waals surface area contributed by atoms with Crippen molar-refractivity contribution in [1.29, 1.82) is 0 Å². The molecule has 0 aliphatic heterocycles. The SMILES string of the molecule is OP(O)Oc1ccc(Br)c(Br)c1Br. The largest absolute Gasteiger partial charge is 0.426 e. The molecule has 1 aromatic carbocycles. The molecule has 0 aliphatic carbocycles. The second-order valence-corrected chi connectivity index (χ2v) is 5.15. The Bertz CT molecular complexity index is 318. The second kappa shape index (κ2) is 5.05. The minimum atomic E-state index is -2.38. The Morgan fingerprint density at radius 2 is 1.69 bits per heavy atom. The summed E-state index contributed by atoms with van der Waals surface area (Å²) in [5.74, 6) is 0.381. The molecule has 0 heterocycles. The van der Waals surface area contributed by atoms with Gasteiger partial charge in [0.1, 0.15) is 5.75 Å². The summed E-state index contributed by atoms with van der Waals surface area (Å²) in [6.45, 7) is 0. The van der Waals surface area contributed by atoms with E-state index in [1.807, 2.05) is 0 Å². The van der Waals surface area contributed by atoms with E-state index in [1.54, 1.807) is 12.1 Å². The maximum Gasteiger partial charge on any atom is 0.391 e. The number of halogens is 3. The molecular formula is C6H4Br3O3P. The van der Waals surface area contributed by atoms with E-state index in [-0.39, 0.29) is 0 Å². The summed E-state index contributed by atoms with van der Waals surface area (Å²) < 4.78 is 7.01. The Hall–Kier alpha value is 0.810. The van der Waals surface area contributed by atoms with Gasteiger partial charge in [-0.2, -0.15) is 0 Å². The van der Waals surface area contributed by atoms with E-state index in [9.17, 15) is 0 Å². The topological polar surface area (TPSA) is 49.7 Å². The maximum atomic E-state index is 8.64. The second-order valence-electron chi connectivity index (χ2n) is 2.02. The first-order valence-corrected chi connectivity index (χ1v) is 6.56. The quantitative estimate of drug-likeness (QED) is 0.595. The molecule has 0 aromatic heterocycles. The molecule has 0 radical (unpaired) electrons. The lowest BCUT2D eigenvalue weighted by Gasteiger charge is -2.09. The Morgan fingerprint density at radius 1 is 1.08 bits per heavy atom. The van der Waals surface area contributed by atoms with E-state index >= 15 is 0 Å². The van der Waals surface area contributed by atoms with Gasteiger partial charge in [0, 0.05) is 8.95 Å². The molecule has 0 fully saturated rings. The lowest BCUT2D eigenvalue weighted by Crippen LogP contribution is -1.87. The highest BCUT2D eigenvalue weighted by atomic mass is 79.9. The van der Waals surface area contributed by atoms with Crippen molar-refractivity contribution < 1.29 is 14.3 Å². The summed E-state index contributed by atoms with van der Waals surface area (Å²) in [5.41, 5.74) is 0. The van der Waals surface area contributed by atoms with Crippen LogP contribution in [0, 0.1) is 0 Å². The first kappa shape index (κ1) is 11.9. The molecule has 0 unspecified atom stereocenters. The van der Waals surface area contributed by atoms with Crippen LogP contribution in [0.5, 0.6) is 5.75 Å². The van der Waals surface area contributed by atoms with Crippen LogP contribution >= 0.6 is 56.4 Å². The maximum absolute atomic E-state index is 8.64. The Labute approximate surface area is 101 Å². The molecular weight excluding hydrogens is 391 g/mol. The Kier molecular flexibility index (Phi) is 4.62. The highest BCUT2D eigenvalue weighted by Crippen LogP contribution is 2.41. The van der Waals surface area contributed by atoms with Crippen molar-refractivity contribution in [2.75, 3.05) is 0 Å². The van der Waals surface area contributed by atoms with Gasteiger partial charge < -0.3 is 14.3 Å². The van der Waals surface area contributed by atoms with Crippen molar-refractivity contribution in [2.45, 2.75) is 0 Å². The molecule has 13 heavy (non-hydrogen) atoms. The van der Waals surface area contributed by atoms with Crippen LogP contribution in [0.4, 0.5) is 0 Å². The number of hydrogen-bond acceptors (Lipinski definition) is 3. The molecule has 0 atom stereocenters. The molecule has 2 N–H and O–H groups in total. The van der Waals surface area contributed by atoms with Gasteiger partial charge in [0.25, 0.3) is 0 Å². The normalized spacial score (nSPS) is 10.6. The molecule has 1 rings (SSSR count). The van der Waals surface area contributed by atoms with Crippen LogP contribution < -0.4 is 4.52 Å². The van der Waals surface area contributed by atoms with Gasteiger partial charge >= 0.3 is 8.60 Å². The van der Waals surface area contributed by atoms with Crippen LogP contribution in [0.3, 0.4) is 0 Å². The van der Waals surface area contributed by atoms with Crippen molar-refractivity contribution in [3.05, 3.63) is 25.6 Å². The molecule has 0 amide bonds. The first-order valence-electron chi connectivity index (χ1n) is 3.01. The highest BCUT2D eigenvalue weighted by molar-refractivity contribution is 9.14. The van der Waals surface area contributed by atoms with Crippen molar-refractivity contribution in [2.24, 2.45) is 0 Å². The van der Waals surface area contributed by atoms with Gasteiger partial charge in [-0.3, -0.25) is 0 Å². The summed E-state index contributed by atoms with van der Waals surface area (Å²) in [6.07, 6.45) is 0. The van der Waals surface area contributed by atoms with Gasteiger partial charge in [0.2, 0.25) is 0 Å². The average Bonchev–Trinajstić information content (AvgIpc) is 2.06. The predicted octanol–water partition coefficient (Wildman–Crippen LogP) is 3.56. The molecule has 0 bridgehead atoms. The van der Waals surface area contributed by atoms with E-state index in [0.29, 0.717) is 10.2 Å². The molecule has 1 aromatic rings. The summed E-state index contributed by atoms with van der Waals surface area (Å²) in [5, 5.41) is 0. The van der Waals surface area contributed by atoms with E-state index in [4.69, 9.17) is 14.3 Å². The zero-order valence-corrected chi connectivity index (χ0v) is 11.7. The fourth-order valence-electron chi connectivity index (χ4n) is 0.667. The Balaban J connectivity index is 3.04. The number of hydrogen-bond donors (Lipinski definition) is 2. The van der Waals surface area contributed by atoms with E-state index in [1.165, 1.54) is 0 Å². The monoisotopic (exact) mass is 392 g/mol. The van der Waals surface area contributed by atoms with Gasteiger partial charge in [0.05, 0.1) is 4.47 Å². The average molecular weight is 395 g/mol. The van der Waals surface area contributed by atoms with E-state index < -0.39 is 8.60 Å². The molecule has 72 valence electrons. The van der Waals surface area contributed by atoms with Crippen molar-refractivity contribution in [1.82, 2.24) is 0 Å². The fourth-order valence-corrected chi connectivity index (χ4v) is 2.47. The highest BCUT2D eigenvalue weighted by Gasteiger charge is 2.11. The third kappa shape index (κ3) is 3.15. The molecule has 0 aliphatic rings. The van der Waals surface area contributed by atoms with Crippen LogP contribution in [-0.4, -0.2) is 9.79 Å². The lowest BCUT2D eigenvalue weighted by molar-refractivity contribution is 0.374. The summed E-state index contributed by atoms with van der Waals surface area (Å²) in [6, 6.07) is 3.36. The summed E-state index contributed by atoms with van der Waals surface area (Å²) in [4.78, 5) is 17.3. The first-order chi connectivity index (χ1) is 6.02. The molecule has 7 heteroatoms. The van der Waals surface area contributed by atoms with Gasteiger partial charge in [0.15, 0.2) is 0 Å². The molecule has 0 saturated carbocycles. The third-order valence-corrected chi connectivity index (χ3v) is 4.88. The van der Waals surface area contributed by atoms with Gasteiger partial charge in [-0.1, -0.05) is 0 Å². The van der Waals surface area contributed by atoms with Crippen molar-refractivity contribution >= 4 is 56.4 Å². The van der Waals surface area contributed by atoms with Gasteiger partial charge in [-0.15, -0.1) is 0 Å².